The molecular formula is C16H22N6O2S2. The summed E-state index contributed by atoms with van der Waals surface area (Å²) >= 11 is 3.13. The van der Waals surface area contributed by atoms with Crippen molar-refractivity contribution in [1.29, 1.82) is 0 Å². The summed E-state index contributed by atoms with van der Waals surface area (Å²) in [5, 5.41) is 17.6. The Balaban J connectivity index is 1.30. The van der Waals surface area contributed by atoms with Gasteiger partial charge in [-0.1, -0.05) is 17.8 Å². The fourth-order valence-electron chi connectivity index (χ4n) is 3.00. The molecule has 1 aliphatic heterocycles. The summed E-state index contributed by atoms with van der Waals surface area (Å²) in [7, 11) is 0. The molecule has 1 N–H and O–H groups in total. The van der Waals surface area contributed by atoms with E-state index in [1.165, 1.54) is 16.6 Å². The molecule has 1 unspecified atom stereocenters. The highest BCUT2D eigenvalue weighted by molar-refractivity contribution is 7.99. The predicted octanol–water partition coefficient (Wildman–Crippen LogP) is 1.35. The van der Waals surface area contributed by atoms with Crippen molar-refractivity contribution < 1.29 is 9.53 Å². The SMILES string of the molecule is O=C(CSc1nnnn1C1CC1)NCC(c1cccs1)N1CCOCC1. The minimum absolute atomic E-state index is 0.00941. The van der Waals surface area contributed by atoms with Gasteiger partial charge in [0, 0.05) is 24.5 Å². The van der Waals surface area contributed by atoms with Gasteiger partial charge in [-0.25, -0.2) is 4.68 Å². The Bertz CT molecular complexity index is 712. The number of rotatable bonds is 8. The Kier molecular flexibility index (Phi) is 5.83. The Morgan fingerprint density at radius 1 is 1.42 bits per heavy atom. The normalized spacial score (nSPS) is 19.4. The van der Waals surface area contributed by atoms with Gasteiger partial charge < -0.3 is 10.1 Å². The first kappa shape index (κ1) is 17.9. The minimum Gasteiger partial charge on any atom is -0.379 e. The minimum atomic E-state index is 0.00941. The number of hydrogen-bond donors (Lipinski definition) is 1. The molecule has 0 radical (unpaired) electrons. The first-order valence-electron chi connectivity index (χ1n) is 8.84. The van der Waals surface area contributed by atoms with Crippen molar-refractivity contribution in [2.45, 2.75) is 30.1 Å². The van der Waals surface area contributed by atoms with Gasteiger partial charge in [-0.3, -0.25) is 9.69 Å². The van der Waals surface area contributed by atoms with Crippen molar-refractivity contribution >= 4 is 29.0 Å². The van der Waals surface area contributed by atoms with E-state index >= 15 is 0 Å². The number of thioether (sulfide) groups is 1. The van der Waals surface area contributed by atoms with Crippen molar-refractivity contribution in [3.8, 4) is 0 Å². The van der Waals surface area contributed by atoms with Crippen LogP contribution in [0.3, 0.4) is 0 Å². The summed E-state index contributed by atoms with van der Waals surface area (Å²) in [5.74, 6) is 0.336. The quantitative estimate of drug-likeness (QED) is 0.677. The van der Waals surface area contributed by atoms with Crippen molar-refractivity contribution in [3.63, 3.8) is 0 Å². The Morgan fingerprint density at radius 3 is 3.00 bits per heavy atom. The number of morpholine rings is 1. The van der Waals surface area contributed by atoms with E-state index in [9.17, 15) is 4.79 Å². The van der Waals surface area contributed by atoms with Crippen LogP contribution in [-0.4, -0.2) is 69.6 Å². The zero-order valence-corrected chi connectivity index (χ0v) is 16.0. The third-order valence-electron chi connectivity index (χ3n) is 4.54. The third kappa shape index (κ3) is 4.43. The lowest BCUT2D eigenvalue weighted by atomic mass is 10.2. The van der Waals surface area contributed by atoms with Crippen LogP contribution in [0.2, 0.25) is 0 Å². The number of amides is 1. The summed E-state index contributed by atoms with van der Waals surface area (Å²) < 4.78 is 7.29. The molecule has 1 atom stereocenters. The monoisotopic (exact) mass is 394 g/mol. The molecule has 0 bridgehead atoms. The molecule has 2 fully saturated rings. The van der Waals surface area contributed by atoms with Crippen LogP contribution in [-0.2, 0) is 9.53 Å². The molecule has 1 aliphatic carbocycles. The summed E-state index contributed by atoms with van der Waals surface area (Å²) in [6, 6.07) is 4.81. The summed E-state index contributed by atoms with van der Waals surface area (Å²) in [4.78, 5) is 16.0. The van der Waals surface area contributed by atoms with E-state index in [0.717, 1.165) is 44.3 Å². The molecule has 2 aliphatic rings. The fourth-order valence-corrected chi connectivity index (χ4v) is 4.64. The maximum absolute atomic E-state index is 12.3. The maximum atomic E-state index is 12.3. The number of carbonyl (C=O) groups is 1. The lowest BCUT2D eigenvalue weighted by Gasteiger charge is -2.34. The van der Waals surface area contributed by atoms with E-state index in [4.69, 9.17) is 4.74 Å². The van der Waals surface area contributed by atoms with Crippen LogP contribution in [0.5, 0.6) is 0 Å². The Hall–Kier alpha value is -1.49. The van der Waals surface area contributed by atoms with Gasteiger partial charge in [-0.15, -0.1) is 16.4 Å². The number of tetrazole rings is 1. The molecule has 10 heteroatoms. The Morgan fingerprint density at radius 2 is 2.27 bits per heavy atom. The van der Waals surface area contributed by atoms with Gasteiger partial charge in [-0.2, -0.15) is 0 Å². The largest absolute Gasteiger partial charge is 0.379 e. The van der Waals surface area contributed by atoms with E-state index in [1.807, 2.05) is 4.68 Å². The molecule has 4 rings (SSSR count). The topological polar surface area (TPSA) is 85.2 Å². The maximum Gasteiger partial charge on any atom is 0.230 e. The highest BCUT2D eigenvalue weighted by atomic mass is 32.2. The molecule has 1 amide bonds. The molecule has 26 heavy (non-hydrogen) atoms. The molecule has 0 aromatic carbocycles. The van der Waals surface area contributed by atoms with E-state index in [-0.39, 0.29) is 11.9 Å². The Labute approximate surface area is 160 Å². The summed E-state index contributed by atoms with van der Waals surface area (Å²) in [5.41, 5.74) is 0. The molecule has 1 saturated heterocycles. The second kappa shape index (κ2) is 8.47. The smallest absolute Gasteiger partial charge is 0.230 e. The van der Waals surface area contributed by atoms with Gasteiger partial charge in [0.25, 0.3) is 0 Å². The molecule has 2 aromatic heterocycles. The zero-order valence-electron chi connectivity index (χ0n) is 14.4. The number of ether oxygens (including phenoxy) is 1. The molecule has 8 nitrogen and oxygen atoms in total. The van der Waals surface area contributed by atoms with Gasteiger partial charge >= 0.3 is 0 Å². The molecule has 0 spiro atoms. The highest BCUT2D eigenvalue weighted by Gasteiger charge is 2.28. The molecule has 1 saturated carbocycles. The molecule has 3 heterocycles. The second-order valence-electron chi connectivity index (χ2n) is 6.41. The zero-order chi connectivity index (χ0) is 17.8. The van der Waals surface area contributed by atoms with Crippen molar-refractivity contribution in [2.75, 3.05) is 38.6 Å². The standard InChI is InChI=1S/C16H22N6O2S2/c23-15(11-26-16-18-19-20-22(16)12-3-4-12)17-10-13(14-2-1-9-25-14)21-5-7-24-8-6-21/h1-2,9,12-13H,3-8,10-11H2,(H,17,23). The number of thiophene rings is 1. The number of hydrogen-bond acceptors (Lipinski definition) is 8. The van der Waals surface area contributed by atoms with Gasteiger partial charge in [-0.05, 0) is 34.7 Å². The van der Waals surface area contributed by atoms with Gasteiger partial charge in [0.1, 0.15) is 0 Å². The average molecular weight is 395 g/mol. The average Bonchev–Trinajstić information content (AvgIpc) is 3.17. The van der Waals surface area contributed by atoms with Gasteiger partial charge in [0.2, 0.25) is 11.1 Å². The number of carbonyl (C=O) groups excluding carboxylic acids is 1. The summed E-state index contributed by atoms with van der Waals surface area (Å²) in [6.45, 7) is 3.88. The van der Waals surface area contributed by atoms with E-state index in [1.54, 1.807) is 11.3 Å². The van der Waals surface area contributed by atoms with Crippen LogP contribution in [0.15, 0.2) is 22.7 Å². The van der Waals surface area contributed by atoms with Crippen LogP contribution in [0, 0.1) is 0 Å². The van der Waals surface area contributed by atoms with Crippen molar-refractivity contribution in [1.82, 2.24) is 30.4 Å². The molecular weight excluding hydrogens is 372 g/mol. The number of nitrogens with one attached hydrogen (secondary N) is 1. The first-order valence-corrected chi connectivity index (χ1v) is 10.7. The van der Waals surface area contributed by atoms with E-state index < -0.39 is 0 Å². The fraction of sp³-hybridized carbons (Fsp3) is 0.625. The molecule has 2 aromatic rings. The van der Waals surface area contributed by atoms with Crippen LogP contribution in [0.4, 0.5) is 0 Å². The van der Waals surface area contributed by atoms with Crippen molar-refractivity contribution in [3.05, 3.63) is 22.4 Å². The number of nitrogens with zero attached hydrogens (tertiary/aromatic N) is 5. The first-order chi connectivity index (χ1) is 12.8. The lowest BCUT2D eigenvalue weighted by molar-refractivity contribution is -0.118. The third-order valence-corrected chi connectivity index (χ3v) is 6.45. The van der Waals surface area contributed by atoms with Gasteiger partial charge in [0.15, 0.2) is 0 Å². The van der Waals surface area contributed by atoms with E-state index in [2.05, 4.69) is 43.3 Å². The van der Waals surface area contributed by atoms with Crippen LogP contribution >= 0.6 is 23.1 Å². The molecule has 140 valence electrons. The summed E-state index contributed by atoms with van der Waals surface area (Å²) in [6.07, 6.45) is 2.24. The lowest BCUT2D eigenvalue weighted by Crippen LogP contribution is -2.43. The predicted molar refractivity (Wildman–Crippen MR) is 99.3 cm³/mol. The van der Waals surface area contributed by atoms with E-state index in [0.29, 0.717) is 18.3 Å². The second-order valence-corrected chi connectivity index (χ2v) is 8.33. The van der Waals surface area contributed by atoms with Crippen LogP contribution < -0.4 is 5.32 Å². The number of aromatic nitrogens is 4. The van der Waals surface area contributed by atoms with Crippen LogP contribution in [0.1, 0.15) is 29.8 Å². The van der Waals surface area contributed by atoms with Gasteiger partial charge in [0.05, 0.1) is 31.1 Å². The van der Waals surface area contributed by atoms with Crippen LogP contribution in [0.25, 0.3) is 0 Å². The van der Waals surface area contributed by atoms with Crippen molar-refractivity contribution in [2.24, 2.45) is 0 Å². The highest BCUT2D eigenvalue weighted by Crippen LogP contribution is 2.36.